The molecule has 2 aromatic rings. The summed E-state index contributed by atoms with van der Waals surface area (Å²) in [6, 6.07) is 4.56. The number of rotatable bonds is 3. The van der Waals surface area contributed by atoms with E-state index in [2.05, 4.69) is 15.9 Å². The van der Waals surface area contributed by atoms with Crippen LogP contribution in [0.4, 0.5) is 4.39 Å². The Hall–Kier alpha value is -0.710. The van der Waals surface area contributed by atoms with Crippen LogP contribution in [0.25, 0.3) is 0 Å². The number of ketones is 1. The molecule has 1 nitrogen and oxygen atoms in total. The molecule has 2 rings (SSSR count). The molecule has 1 aromatic heterocycles. The summed E-state index contributed by atoms with van der Waals surface area (Å²) < 4.78 is 13.4. The average Bonchev–Trinajstić information content (AvgIpc) is 2.65. The van der Waals surface area contributed by atoms with Crippen molar-refractivity contribution in [2.75, 3.05) is 0 Å². The van der Waals surface area contributed by atoms with Crippen LogP contribution in [0, 0.1) is 12.7 Å². The van der Waals surface area contributed by atoms with Gasteiger partial charge in [0.2, 0.25) is 0 Å². The Balaban J connectivity index is 2.21. The topological polar surface area (TPSA) is 17.1 Å². The molecule has 0 aliphatic heterocycles. The van der Waals surface area contributed by atoms with Crippen molar-refractivity contribution in [2.24, 2.45) is 0 Å². The fraction of sp³-hybridized carbons (Fsp3) is 0.154. The summed E-state index contributed by atoms with van der Waals surface area (Å²) in [5.74, 6) is -0.382. The first-order valence-electron chi connectivity index (χ1n) is 5.19. The average molecular weight is 348 g/mol. The van der Waals surface area contributed by atoms with Gasteiger partial charge in [0.25, 0.3) is 0 Å². The zero-order valence-electron chi connectivity index (χ0n) is 9.47. The molecule has 0 amide bonds. The number of thiophene rings is 1. The lowest BCUT2D eigenvalue weighted by atomic mass is 10.1. The predicted molar refractivity (Wildman–Crippen MR) is 76.2 cm³/mol. The Kier molecular flexibility index (Phi) is 4.20. The predicted octanol–water partition coefficient (Wildman–Crippen LogP) is 5.04. The first-order valence-corrected chi connectivity index (χ1v) is 7.25. The van der Waals surface area contributed by atoms with E-state index < -0.39 is 0 Å². The number of benzene rings is 1. The van der Waals surface area contributed by atoms with Crippen LogP contribution >= 0.6 is 38.9 Å². The Labute approximate surface area is 122 Å². The maximum Gasteiger partial charge on any atom is 0.178 e. The van der Waals surface area contributed by atoms with Crippen molar-refractivity contribution in [3.8, 4) is 0 Å². The number of aryl methyl sites for hydroxylation is 1. The van der Waals surface area contributed by atoms with Crippen LogP contribution in [0.15, 0.2) is 28.1 Å². The highest BCUT2D eigenvalue weighted by atomic mass is 79.9. The monoisotopic (exact) mass is 346 g/mol. The summed E-state index contributed by atoms with van der Waals surface area (Å²) in [6.07, 6.45) is 0.221. The number of Topliss-reactive ketones (excluding diaryl/α,β-unsaturated/α-hetero) is 1. The molecule has 0 aliphatic rings. The first kappa shape index (κ1) is 13.7. The summed E-state index contributed by atoms with van der Waals surface area (Å²) >= 11 is 10.5. The number of halogens is 3. The van der Waals surface area contributed by atoms with E-state index in [-0.39, 0.29) is 18.0 Å². The standard InChI is InChI=1S/C13H9BrClFOS/c1-7-6-18-13(12(7)15)11(17)5-8-2-3-10(16)9(14)4-8/h2-4,6H,5H2,1H3. The van der Waals surface area contributed by atoms with Crippen molar-refractivity contribution in [2.45, 2.75) is 13.3 Å². The first-order chi connectivity index (χ1) is 8.49. The van der Waals surface area contributed by atoms with Gasteiger partial charge >= 0.3 is 0 Å². The summed E-state index contributed by atoms with van der Waals surface area (Å²) in [5, 5.41) is 2.38. The van der Waals surface area contributed by atoms with E-state index in [0.717, 1.165) is 11.1 Å². The Morgan fingerprint density at radius 3 is 2.78 bits per heavy atom. The van der Waals surface area contributed by atoms with Gasteiger partial charge in [0, 0.05) is 6.42 Å². The SMILES string of the molecule is Cc1csc(C(=O)Cc2ccc(F)c(Br)c2)c1Cl. The zero-order chi connectivity index (χ0) is 13.3. The number of carbonyl (C=O) groups is 1. The molecule has 0 N–H and O–H groups in total. The van der Waals surface area contributed by atoms with Gasteiger partial charge in [-0.15, -0.1) is 11.3 Å². The maximum atomic E-state index is 13.1. The van der Waals surface area contributed by atoms with Crippen LogP contribution in [0.2, 0.25) is 5.02 Å². The lowest BCUT2D eigenvalue weighted by molar-refractivity contribution is 0.0997. The van der Waals surface area contributed by atoms with Crippen LogP contribution in [0.3, 0.4) is 0 Å². The lowest BCUT2D eigenvalue weighted by Crippen LogP contribution is -2.02. The largest absolute Gasteiger partial charge is 0.293 e. The highest BCUT2D eigenvalue weighted by molar-refractivity contribution is 9.10. The molecule has 5 heteroatoms. The number of hydrogen-bond donors (Lipinski definition) is 0. The normalized spacial score (nSPS) is 10.7. The second-order valence-corrected chi connectivity index (χ2v) is 6.02. The molecule has 0 unspecified atom stereocenters. The quantitative estimate of drug-likeness (QED) is 0.711. The molecule has 0 aliphatic carbocycles. The van der Waals surface area contributed by atoms with Gasteiger partial charge < -0.3 is 0 Å². The smallest absolute Gasteiger partial charge is 0.178 e. The van der Waals surface area contributed by atoms with Gasteiger partial charge in [-0.25, -0.2) is 4.39 Å². The van der Waals surface area contributed by atoms with Gasteiger partial charge in [0.1, 0.15) is 5.82 Å². The van der Waals surface area contributed by atoms with Crippen LogP contribution in [-0.2, 0) is 6.42 Å². The van der Waals surface area contributed by atoms with Crippen molar-refractivity contribution in [1.29, 1.82) is 0 Å². The molecular weight excluding hydrogens is 339 g/mol. The van der Waals surface area contributed by atoms with E-state index in [1.54, 1.807) is 12.1 Å². The molecule has 1 aromatic carbocycles. The van der Waals surface area contributed by atoms with E-state index in [1.165, 1.54) is 17.4 Å². The second-order valence-electron chi connectivity index (χ2n) is 3.91. The summed E-state index contributed by atoms with van der Waals surface area (Å²) in [7, 11) is 0. The zero-order valence-corrected chi connectivity index (χ0v) is 12.6. The molecule has 0 fully saturated rings. The van der Waals surface area contributed by atoms with Crippen LogP contribution < -0.4 is 0 Å². The molecule has 0 saturated carbocycles. The summed E-state index contributed by atoms with van der Waals surface area (Å²) in [5.41, 5.74) is 1.67. The third-order valence-corrected chi connectivity index (χ3v) is 4.85. The van der Waals surface area contributed by atoms with Gasteiger partial charge in [0.05, 0.1) is 14.4 Å². The lowest BCUT2D eigenvalue weighted by Gasteiger charge is -2.02. The maximum absolute atomic E-state index is 13.1. The van der Waals surface area contributed by atoms with Crippen molar-refractivity contribution < 1.29 is 9.18 Å². The number of hydrogen-bond acceptors (Lipinski definition) is 2. The van der Waals surface area contributed by atoms with E-state index >= 15 is 0 Å². The van der Waals surface area contributed by atoms with Gasteiger partial charge in [-0.05, 0) is 51.5 Å². The fourth-order valence-electron chi connectivity index (χ4n) is 1.53. The summed E-state index contributed by atoms with van der Waals surface area (Å²) in [4.78, 5) is 12.6. The third-order valence-electron chi connectivity index (χ3n) is 2.50. The minimum absolute atomic E-state index is 0.0448. The van der Waals surface area contributed by atoms with E-state index in [4.69, 9.17) is 11.6 Å². The molecular formula is C13H9BrClFOS. The molecule has 0 atom stereocenters. The third kappa shape index (κ3) is 2.82. The minimum Gasteiger partial charge on any atom is -0.293 e. The van der Waals surface area contributed by atoms with Crippen molar-refractivity contribution >= 4 is 44.7 Å². The van der Waals surface area contributed by atoms with Crippen molar-refractivity contribution in [1.82, 2.24) is 0 Å². The Morgan fingerprint density at radius 2 is 2.22 bits per heavy atom. The molecule has 0 bridgehead atoms. The highest BCUT2D eigenvalue weighted by Gasteiger charge is 2.15. The molecule has 18 heavy (non-hydrogen) atoms. The fourth-order valence-corrected chi connectivity index (χ4v) is 3.20. The Bertz CT molecular complexity index is 609. The molecule has 0 spiro atoms. The van der Waals surface area contributed by atoms with Crippen LogP contribution in [0.1, 0.15) is 20.8 Å². The minimum atomic E-state index is -0.337. The van der Waals surface area contributed by atoms with Crippen molar-refractivity contribution in [3.63, 3.8) is 0 Å². The van der Waals surface area contributed by atoms with Gasteiger partial charge in [-0.2, -0.15) is 0 Å². The summed E-state index contributed by atoms with van der Waals surface area (Å²) in [6.45, 7) is 1.87. The van der Waals surface area contributed by atoms with E-state index in [1.807, 2.05) is 12.3 Å². The van der Waals surface area contributed by atoms with Gasteiger partial charge in [0.15, 0.2) is 5.78 Å². The second kappa shape index (κ2) is 5.51. The van der Waals surface area contributed by atoms with Crippen LogP contribution in [-0.4, -0.2) is 5.78 Å². The van der Waals surface area contributed by atoms with Gasteiger partial charge in [-0.3, -0.25) is 4.79 Å². The van der Waals surface area contributed by atoms with E-state index in [0.29, 0.717) is 14.4 Å². The van der Waals surface area contributed by atoms with Crippen LogP contribution in [0.5, 0.6) is 0 Å². The van der Waals surface area contributed by atoms with Gasteiger partial charge in [-0.1, -0.05) is 17.7 Å². The van der Waals surface area contributed by atoms with Crippen molar-refractivity contribution in [3.05, 3.63) is 54.9 Å². The molecule has 94 valence electrons. The molecule has 0 saturated heterocycles. The molecule has 1 heterocycles. The number of carbonyl (C=O) groups excluding carboxylic acids is 1. The Morgan fingerprint density at radius 1 is 1.50 bits per heavy atom. The highest BCUT2D eigenvalue weighted by Crippen LogP contribution is 2.28. The molecule has 0 radical (unpaired) electrons. The van der Waals surface area contributed by atoms with E-state index in [9.17, 15) is 9.18 Å².